The van der Waals surface area contributed by atoms with Crippen molar-refractivity contribution in [1.29, 1.82) is 5.26 Å². The summed E-state index contributed by atoms with van der Waals surface area (Å²) in [5.41, 5.74) is 1.15. The molecule has 3 aromatic rings. The first-order chi connectivity index (χ1) is 16.6. The lowest BCUT2D eigenvalue weighted by atomic mass is 9.83. The second kappa shape index (κ2) is 9.69. The third-order valence-corrected chi connectivity index (χ3v) is 6.74. The van der Waals surface area contributed by atoms with Crippen molar-refractivity contribution < 1.29 is 4.39 Å². The van der Waals surface area contributed by atoms with E-state index < -0.39 is 5.82 Å². The predicted molar refractivity (Wildman–Crippen MR) is 124 cm³/mol. The van der Waals surface area contributed by atoms with E-state index in [-0.39, 0.29) is 11.6 Å². The minimum atomic E-state index is -0.462. The molecule has 34 heavy (non-hydrogen) atoms. The van der Waals surface area contributed by atoms with Crippen LogP contribution in [-0.2, 0) is 0 Å². The summed E-state index contributed by atoms with van der Waals surface area (Å²) in [4.78, 5) is 11.3. The molecule has 0 amide bonds. The molecule has 0 saturated carbocycles. The number of aryl methyl sites for hydroxylation is 1. The van der Waals surface area contributed by atoms with Gasteiger partial charge in [0.2, 0.25) is 5.95 Å². The number of tetrazole rings is 1. The molecule has 11 heteroatoms. The smallest absolute Gasteiger partial charge is 0.229 e. The number of halogens is 1. The summed E-state index contributed by atoms with van der Waals surface area (Å²) in [6, 6.07) is 7.26. The minimum absolute atomic E-state index is 0.188. The van der Waals surface area contributed by atoms with Gasteiger partial charge in [-0.2, -0.15) is 14.9 Å². The number of fused-ring (bicyclic) bond motifs is 1. The highest BCUT2D eigenvalue weighted by molar-refractivity contribution is 5.61. The van der Waals surface area contributed by atoms with Crippen LogP contribution in [0.1, 0.15) is 43.5 Å². The Morgan fingerprint density at radius 3 is 2.91 bits per heavy atom. The van der Waals surface area contributed by atoms with Gasteiger partial charge >= 0.3 is 0 Å². The first-order valence-corrected chi connectivity index (χ1v) is 11.7. The highest BCUT2D eigenvalue weighted by atomic mass is 19.1. The Morgan fingerprint density at radius 1 is 1.21 bits per heavy atom. The number of nitrogens with zero attached hydrogens (tertiary/aromatic N) is 8. The maximum absolute atomic E-state index is 14.5. The van der Waals surface area contributed by atoms with Crippen molar-refractivity contribution >= 4 is 17.5 Å². The van der Waals surface area contributed by atoms with E-state index in [1.54, 1.807) is 19.1 Å². The van der Waals surface area contributed by atoms with Gasteiger partial charge in [0.15, 0.2) is 5.82 Å². The number of nitrogens with one attached hydrogen (secondary N) is 2. The van der Waals surface area contributed by atoms with Crippen molar-refractivity contribution in [3.8, 4) is 11.8 Å². The van der Waals surface area contributed by atoms with Gasteiger partial charge < -0.3 is 15.5 Å². The number of rotatable bonds is 6. The topological polar surface area (TPSA) is 120 Å². The van der Waals surface area contributed by atoms with Crippen LogP contribution in [0.3, 0.4) is 0 Å². The van der Waals surface area contributed by atoms with Gasteiger partial charge in [0, 0.05) is 12.6 Å². The molecule has 2 unspecified atom stereocenters. The number of aromatic nitrogens is 6. The zero-order valence-electron chi connectivity index (χ0n) is 19.1. The fourth-order valence-corrected chi connectivity index (χ4v) is 5.03. The van der Waals surface area contributed by atoms with Crippen molar-refractivity contribution in [1.82, 2.24) is 35.1 Å². The molecule has 1 aromatic carbocycles. The molecule has 10 nitrogen and oxygen atoms in total. The zero-order chi connectivity index (χ0) is 23.5. The van der Waals surface area contributed by atoms with Gasteiger partial charge in [-0.05, 0) is 80.2 Å². The van der Waals surface area contributed by atoms with E-state index in [0.717, 1.165) is 6.54 Å². The Kier molecular flexibility index (Phi) is 6.31. The maximum Gasteiger partial charge on any atom is 0.229 e. The summed E-state index contributed by atoms with van der Waals surface area (Å²) in [6.07, 6.45) is 7.60. The molecule has 2 aliphatic rings. The van der Waals surface area contributed by atoms with Crippen LogP contribution >= 0.6 is 0 Å². The van der Waals surface area contributed by atoms with Gasteiger partial charge in [0.05, 0.1) is 17.6 Å². The van der Waals surface area contributed by atoms with E-state index in [1.807, 2.05) is 0 Å². The molecular weight excluding hydrogens is 435 g/mol. The van der Waals surface area contributed by atoms with Crippen LogP contribution in [0.5, 0.6) is 0 Å². The van der Waals surface area contributed by atoms with Crippen molar-refractivity contribution in [2.24, 2.45) is 5.92 Å². The number of hydrogen-bond acceptors (Lipinski definition) is 9. The van der Waals surface area contributed by atoms with E-state index in [2.05, 4.69) is 47.1 Å². The van der Waals surface area contributed by atoms with Crippen LogP contribution in [0, 0.1) is 30.0 Å². The SMILES string of the molecule is Cc1nnnn1-c1ccc(F)c(Nc2ncc(C#N)c(NCC3CCCN4CCCCC34)n2)c1. The lowest BCUT2D eigenvalue weighted by molar-refractivity contribution is 0.0649. The molecule has 2 fully saturated rings. The van der Waals surface area contributed by atoms with Crippen molar-refractivity contribution in [2.45, 2.75) is 45.1 Å². The lowest BCUT2D eigenvalue weighted by Gasteiger charge is -2.44. The van der Waals surface area contributed by atoms with Crippen LogP contribution in [0.2, 0.25) is 0 Å². The number of benzene rings is 1. The summed E-state index contributed by atoms with van der Waals surface area (Å²) in [5, 5.41) is 27.3. The van der Waals surface area contributed by atoms with Crippen molar-refractivity contribution in [3.63, 3.8) is 0 Å². The van der Waals surface area contributed by atoms with Gasteiger partial charge in [0.25, 0.3) is 0 Å². The summed E-state index contributed by atoms with van der Waals surface area (Å²) >= 11 is 0. The first-order valence-electron chi connectivity index (χ1n) is 11.7. The normalized spacial score (nSPS) is 20.4. The average Bonchev–Trinajstić information content (AvgIpc) is 3.30. The molecule has 176 valence electrons. The quantitative estimate of drug-likeness (QED) is 0.569. The van der Waals surface area contributed by atoms with E-state index in [0.29, 0.717) is 34.9 Å². The van der Waals surface area contributed by atoms with Gasteiger partial charge in [-0.1, -0.05) is 6.42 Å². The Bertz CT molecular complexity index is 1200. The Labute approximate surface area is 197 Å². The fraction of sp³-hybridized carbons (Fsp3) is 0.478. The molecule has 2 aliphatic heterocycles. The molecule has 2 N–H and O–H groups in total. The second-order valence-corrected chi connectivity index (χ2v) is 8.88. The van der Waals surface area contributed by atoms with Crippen molar-refractivity contribution in [2.75, 3.05) is 30.3 Å². The van der Waals surface area contributed by atoms with E-state index >= 15 is 0 Å². The molecule has 5 rings (SSSR count). The molecule has 0 spiro atoms. The van der Waals surface area contributed by atoms with Gasteiger partial charge in [-0.25, -0.2) is 9.37 Å². The lowest BCUT2D eigenvalue weighted by Crippen LogP contribution is -2.49. The van der Waals surface area contributed by atoms with Crippen LogP contribution in [0.15, 0.2) is 24.4 Å². The zero-order valence-corrected chi connectivity index (χ0v) is 19.1. The molecule has 2 atom stereocenters. The number of nitriles is 1. The summed E-state index contributed by atoms with van der Waals surface area (Å²) < 4.78 is 16.1. The number of anilines is 3. The molecule has 0 aliphatic carbocycles. The van der Waals surface area contributed by atoms with Crippen LogP contribution in [0.25, 0.3) is 5.69 Å². The Morgan fingerprint density at radius 2 is 2.09 bits per heavy atom. The molecule has 0 radical (unpaired) electrons. The third kappa shape index (κ3) is 4.54. The van der Waals surface area contributed by atoms with Gasteiger partial charge in [0.1, 0.15) is 23.3 Å². The minimum Gasteiger partial charge on any atom is -0.368 e. The average molecular weight is 463 g/mol. The molecular formula is C23H27FN10. The van der Waals surface area contributed by atoms with E-state index in [9.17, 15) is 9.65 Å². The highest BCUT2D eigenvalue weighted by Gasteiger charge is 2.32. The number of piperidine rings is 2. The first kappa shape index (κ1) is 22.2. The maximum atomic E-state index is 14.5. The standard InChI is InChI=1S/C23H27FN10/c1-15-30-31-32-34(15)18-7-8-19(24)20(11-18)28-23-27-14-17(12-25)22(29-23)26-13-16-5-4-10-33-9-3-2-6-21(16)33/h7-8,11,14,16,21H,2-6,9-10,13H2,1H3,(H2,26,27,28,29). The highest BCUT2D eigenvalue weighted by Crippen LogP contribution is 2.31. The molecule has 0 bridgehead atoms. The van der Waals surface area contributed by atoms with E-state index in [1.165, 1.54) is 62.1 Å². The monoisotopic (exact) mass is 462 g/mol. The Balaban J connectivity index is 1.33. The van der Waals surface area contributed by atoms with Crippen LogP contribution in [-0.4, -0.2) is 60.8 Å². The predicted octanol–water partition coefficient (Wildman–Crippen LogP) is 3.19. The van der Waals surface area contributed by atoms with Crippen LogP contribution in [0.4, 0.5) is 21.8 Å². The molecule has 2 aromatic heterocycles. The van der Waals surface area contributed by atoms with Crippen LogP contribution < -0.4 is 10.6 Å². The van der Waals surface area contributed by atoms with Gasteiger partial charge in [-0.15, -0.1) is 5.10 Å². The summed E-state index contributed by atoms with van der Waals surface area (Å²) in [6.45, 7) is 4.87. The number of hydrogen-bond donors (Lipinski definition) is 2. The third-order valence-electron chi connectivity index (χ3n) is 6.74. The summed E-state index contributed by atoms with van der Waals surface area (Å²) in [7, 11) is 0. The summed E-state index contributed by atoms with van der Waals surface area (Å²) in [5.74, 6) is 1.30. The van der Waals surface area contributed by atoms with E-state index in [4.69, 9.17) is 0 Å². The molecule has 2 saturated heterocycles. The largest absolute Gasteiger partial charge is 0.368 e. The fourth-order valence-electron chi connectivity index (χ4n) is 5.03. The second-order valence-electron chi connectivity index (χ2n) is 8.88. The van der Waals surface area contributed by atoms with Crippen molar-refractivity contribution in [3.05, 3.63) is 41.6 Å². The Hall–Kier alpha value is -3.65. The molecule has 4 heterocycles. The van der Waals surface area contributed by atoms with Gasteiger partial charge in [-0.3, -0.25) is 0 Å².